The summed E-state index contributed by atoms with van der Waals surface area (Å²) in [5, 5.41) is 17.9. The molecule has 3 nitrogen and oxygen atoms in total. The molecule has 1 fully saturated rings. The second-order valence-electron chi connectivity index (χ2n) is 2.69. The zero-order valence-corrected chi connectivity index (χ0v) is 6.16. The van der Waals surface area contributed by atoms with Crippen molar-refractivity contribution < 1.29 is 14.9 Å². The quantitative estimate of drug-likeness (QED) is 0.572. The summed E-state index contributed by atoms with van der Waals surface area (Å²) in [6.45, 7) is 1.94. The molecule has 2 N–H and O–H groups in total. The maximum Gasteiger partial charge on any atom is 0.107 e. The summed E-state index contributed by atoms with van der Waals surface area (Å²) >= 11 is 0. The third-order valence-electron chi connectivity index (χ3n) is 1.94. The van der Waals surface area contributed by atoms with Crippen LogP contribution in [0.4, 0.5) is 0 Å². The van der Waals surface area contributed by atoms with Gasteiger partial charge in [-0.2, -0.15) is 0 Å². The van der Waals surface area contributed by atoms with Crippen LogP contribution in [0.5, 0.6) is 0 Å². The maximum atomic E-state index is 9.21. The first-order chi connectivity index (χ1) is 4.77. The van der Waals surface area contributed by atoms with E-state index in [9.17, 15) is 5.11 Å². The fraction of sp³-hybridized carbons (Fsp3) is 1.00. The molecule has 1 saturated heterocycles. The lowest BCUT2D eigenvalue weighted by Gasteiger charge is -2.09. The van der Waals surface area contributed by atoms with Gasteiger partial charge in [0.15, 0.2) is 0 Å². The van der Waals surface area contributed by atoms with Crippen LogP contribution >= 0.6 is 0 Å². The molecular formula is C7H14O3. The van der Waals surface area contributed by atoms with Crippen LogP contribution in [0.1, 0.15) is 19.8 Å². The molecular weight excluding hydrogens is 132 g/mol. The third-order valence-corrected chi connectivity index (χ3v) is 1.94. The molecule has 1 rings (SSSR count). The Balaban J connectivity index is 2.36. The highest BCUT2D eigenvalue weighted by Crippen LogP contribution is 2.21. The smallest absolute Gasteiger partial charge is 0.107 e. The van der Waals surface area contributed by atoms with Crippen LogP contribution in [0.3, 0.4) is 0 Å². The van der Waals surface area contributed by atoms with Gasteiger partial charge in [0.1, 0.15) is 6.10 Å². The van der Waals surface area contributed by atoms with Gasteiger partial charge in [-0.1, -0.05) is 6.92 Å². The van der Waals surface area contributed by atoms with Crippen molar-refractivity contribution in [2.45, 2.75) is 38.1 Å². The Morgan fingerprint density at radius 3 is 2.60 bits per heavy atom. The molecule has 3 unspecified atom stereocenters. The Morgan fingerprint density at radius 1 is 1.60 bits per heavy atom. The van der Waals surface area contributed by atoms with Crippen molar-refractivity contribution >= 4 is 0 Å². The fourth-order valence-electron chi connectivity index (χ4n) is 1.24. The Hall–Kier alpha value is -0.120. The van der Waals surface area contributed by atoms with E-state index in [0.29, 0.717) is 6.42 Å². The molecule has 0 spiro atoms. The van der Waals surface area contributed by atoms with Crippen LogP contribution in [-0.2, 0) is 4.74 Å². The van der Waals surface area contributed by atoms with E-state index in [1.54, 1.807) is 0 Å². The predicted molar refractivity (Wildman–Crippen MR) is 36.7 cm³/mol. The van der Waals surface area contributed by atoms with Crippen molar-refractivity contribution in [3.8, 4) is 0 Å². The highest BCUT2D eigenvalue weighted by atomic mass is 16.5. The molecule has 1 heterocycles. The van der Waals surface area contributed by atoms with E-state index >= 15 is 0 Å². The minimum Gasteiger partial charge on any atom is -0.394 e. The van der Waals surface area contributed by atoms with Crippen molar-refractivity contribution in [2.24, 2.45) is 0 Å². The molecule has 0 aromatic rings. The number of aliphatic hydroxyl groups excluding tert-OH is 2. The van der Waals surface area contributed by atoms with Crippen LogP contribution in [-0.4, -0.2) is 35.1 Å². The molecule has 0 amide bonds. The van der Waals surface area contributed by atoms with E-state index in [1.165, 1.54) is 0 Å². The van der Waals surface area contributed by atoms with Gasteiger partial charge in [0, 0.05) is 6.42 Å². The topological polar surface area (TPSA) is 49.7 Å². The van der Waals surface area contributed by atoms with Crippen LogP contribution < -0.4 is 0 Å². The minimum atomic E-state index is -0.463. The van der Waals surface area contributed by atoms with Gasteiger partial charge in [-0.3, -0.25) is 0 Å². The Morgan fingerprint density at radius 2 is 2.30 bits per heavy atom. The standard InChI is InChI=1S/C7H14O3/c1-2-5-3-6(9)7(4-8)10-5/h5-9H,2-4H2,1H3. The molecule has 1 aliphatic rings. The molecule has 1 aliphatic heterocycles. The molecule has 10 heavy (non-hydrogen) atoms. The minimum absolute atomic E-state index is 0.0718. The molecule has 0 bridgehead atoms. The van der Waals surface area contributed by atoms with Crippen molar-refractivity contribution in [3.05, 3.63) is 0 Å². The highest BCUT2D eigenvalue weighted by molar-refractivity contribution is 4.80. The summed E-state index contributed by atoms with van der Waals surface area (Å²) in [4.78, 5) is 0. The van der Waals surface area contributed by atoms with E-state index in [0.717, 1.165) is 6.42 Å². The van der Waals surface area contributed by atoms with E-state index in [4.69, 9.17) is 9.84 Å². The lowest BCUT2D eigenvalue weighted by atomic mass is 10.1. The summed E-state index contributed by atoms with van der Waals surface area (Å²) in [5.41, 5.74) is 0. The van der Waals surface area contributed by atoms with Crippen LogP contribution in [0.2, 0.25) is 0 Å². The van der Waals surface area contributed by atoms with E-state index in [-0.39, 0.29) is 18.8 Å². The molecule has 0 radical (unpaired) electrons. The molecule has 3 heteroatoms. The predicted octanol–water partition coefficient (Wildman–Crippen LogP) is -0.0929. The van der Waals surface area contributed by atoms with Gasteiger partial charge in [0.05, 0.1) is 18.8 Å². The maximum absolute atomic E-state index is 9.21. The van der Waals surface area contributed by atoms with Crippen LogP contribution in [0.15, 0.2) is 0 Å². The first kappa shape index (κ1) is 7.98. The van der Waals surface area contributed by atoms with Gasteiger partial charge in [-0.25, -0.2) is 0 Å². The molecule has 0 aromatic carbocycles. The summed E-state index contributed by atoms with van der Waals surface area (Å²) < 4.78 is 5.27. The van der Waals surface area contributed by atoms with Crippen molar-refractivity contribution in [2.75, 3.05) is 6.61 Å². The zero-order valence-electron chi connectivity index (χ0n) is 6.16. The SMILES string of the molecule is CCC1CC(O)C(CO)O1. The molecule has 0 aliphatic carbocycles. The Kier molecular flexibility index (Phi) is 2.65. The third kappa shape index (κ3) is 1.48. The second-order valence-corrected chi connectivity index (χ2v) is 2.69. The number of hydrogen-bond donors (Lipinski definition) is 2. The number of aliphatic hydroxyl groups is 2. The number of rotatable bonds is 2. The Bertz CT molecular complexity index is 105. The van der Waals surface area contributed by atoms with Crippen LogP contribution in [0.25, 0.3) is 0 Å². The van der Waals surface area contributed by atoms with Gasteiger partial charge < -0.3 is 14.9 Å². The molecule has 0 aromatic heterocycles. The van der Waals surface area contributed by atoms with Gasteiger partial charge in [0.2, 0.25) is 0 Å². The average molecular weight is 146 g/mol. The number of ether oxygens (including phenoxy) is 1. The summed E-state index contributed by atoms with van der Waals surface area (Å²) in [6, 6.07) is 0. The van der Waals surface area contributed by atoms with Gasteiger partial charge in [-0.05, 0) is 6.42 Å². The molecule has 0 saturated carbocycles. The lowest BCUT2D eigenvalue weighted by molar-refractivity contribution is -0.0224. The number of hydrogen-bond acceptors (Lipinski definition) is 3. The van der Waals surface area contributed by atoms with Crippen molar-refractivity contribution in [1.82, 2.24) is 0 Å². The largest absolute Gasteiger partial charge is 0.394 e. The second kappa shape index (κ2) is 3.32. The van der Waals surface area contributed by atoms with Crippen molar-refractivity contribution in [3.63, 3.8) is 0 Å². The lowest BCUT2D eigenvalue weighted by Crippen LogP contribution is -2.24. The van der Waals surface area contributed by atoms with Gasteiger partial charge >= 0.3 is 0 Å². The normalized spacial score (nSPS) is 40.5. The van der Waals surface area contributed by atoms with Gasteiger partial charge in [0.25, 0.3) is 0 Å². The molecule has 3 atom stereocenters. The zero-order chi connectivity index (χ0) is 7.56. The summed E-state index contributed by atoms with van der Waals surface area (Å²) in [5.74, 6) is 0. The Labute approximate surface area is 60.6 Å². The fourth-order valence-corrected chi connectivity index (χ4v) is 1.24. The highest BCUT2D eigenvalue weighted by Gasteiger charge is 2.31. The average Bonchev–Trinajstić information content (AvgIpc) is 2.30. The van der Waals surface area contributed by atoms with Gasteiger partial charge in [-0.15, -0.1) is 0 Å². The van der Waals surface area contributed by atoms with E-state index < -0.39 is 6.10 Å². The first-order valence-electron chi connectivity index (χ1n) is 3.72. The van der Waals surface area contributed by atoms with Crippen LogP contribution in [0, 0.1) is 0 Å². The van der Waals surface area contributed by atoms with E-state index in [1.807, 2.05) is 6.92 Å². The van der Waals surface area contributed by atoms with E-state index in [2.05, 4.69) is 0 Å². The van der Waals surface area contributed by atoms with Crippen molar-refractivity contribution in [1.29, 1.82) is 0 Å². The monoisotopic (exact) mass is 146 g/mol. The molecule has 60 valence electrons. The first-order valence-corrected chi connectivity index (χ1v) is 3.72. The summed E-state index contributed by atoms with van der Waals surface area (Å²) in [6.07, 6.45) is 0.919. The summed E-state index contributed by atoms with van der Waals surface area (Å²) in [7, 11) is 0.